The molecule has 0 radical (unpaired) electrons. The zero-order chi connectivity index (χ0) is 30.6. The summed E-state index contributed by atoms with van der Waals surface area (Å²) < 4.78 is 49.3. The van der Waals surface area contributed by atoms with Crippen molar-refractivity contribution in [3.05, 3.63) is 46.1 Å². The number of aromatic nitrogens is 1. The lowest BCUT2D eigenvalue weighted by molar-refractivity contribution is 0.0265. The zero-order valence-corrected chi connectivity index (χ0v) is 26.2. The average molecular weight is 662 g/mol. The molecule has 41 heavy (non-hydrogen) atoms. The van der Waals surface area contributed by atoms with Crippen molar-refractivity contribution < 1.29 is 41.1 Å². The van der Waals surface area contributed by atoms with E-state index in [1.54, 1.807) is 52.1 Å². The van der Waals surface area contributed by atoms with Gasteiger partial charge in [-0.05, 0) is 48.8 Å². The number of benzene rings is 1. The van der Waals surface area contributed by atoms with Gasteiger partial charge in [-0.2, -0.15) is 8.42 Å². The van der Waals surface area contributed by atoms with Crippen LogP contribution in [0.4, 0.5) is 16.3 Å². The van der Waals surface area contributed by atoms with Crippen LogP contribution in [0.15, 0.2) is 34.9 Å². The van der Waals surface area contributed by atoms with E-state index in [1.807, 2.05) is 0 Å². The number of pyridine rings is 1. The molecule has 0 aliphatic heterocycles. The summed E-state index contributed by atoms with van der Waals surface area (Å²) in [5.41, 5.74) is 6.39. The molecule has 0 unspecified atom stereocenters. The molecular weight excluding hydrogens is 624 g/mol. The van der Waals surface area contributed by atoms with Crippen molar-refractivity contribution in [1.29, 1.82) is 0 Å². The molecule has 1 heterocycles. The van der Waals surface area contributed by atoms with Crippen LogP contribution in [0.5, 0.6) is 5.75 Å². The molecule has 0 saturated heterocycles. The monoisotopic (exact) mass is 660 g/mol. The van der Waals surface area contributed by atoms with E-state index in [9.17, 15) is 18.0 Å². The van der Waals surface area contributed by atoms with Gasteiger partial charge in [-0.15, -0.1) is 0 Å². The number of para-hydroxylation sites is 1. The van der Waals surface area contributed by atoms with Gasteiger partial charge in [-0.3, -0.25) is 8.98 Å². The molecule has 2 aromatic rings. The summed E-state index contributed by atoms with van der Waals surface area (Å²) >= 11 is 3.29. The minimum absolute atomic E-state index is 0.0625. The van der Waals surface area contributed by atoms with Crippen molar-refractivity contribution in [2.24, 2.45) is 0 Å². The fraction of sp³-hybridized carbons (Fsp3) is 0.500. The van der Waals surface area contributed by atoms with Crippen LogP contribution in [0.1, 0.15) is 36.7 Å². The van der Waals surface area contributed by atoms with E-state index in [0.717, 1.165) is 6.26 Å². The number of carbonyl (C=O) groups excluding carboxylic acids is 2. The number of anilines is 2. The van der Waals surface area contributed by atoms with E-state index < -0.39 is 27.7 Å². The fourth-order valence-electron chi connectivity index (χ4n) is 3.23. The molecule has 2 amide bonds. The Labute approximate surface area is 248 Å². The van der Waals surface area contributed by atoms with E-state index >= 15 is 0 Å². The first kappa shape index (κ1) is 34.2. The quantitative estimate of drug-likeness (QED) is 0.212. The summed E-state index contributed by atoms with van der Waals surface area (Å²) in [4.78, 5) is 31.0. The minimum Gasteiger partial charge on any atom is -0.489 e. The zero-order valence-electron chi connectivity index (χ0n) is 23.8. The first-order valence-electron chi connectivity index (χ1n) is 12.6. The highest BCUT2D eigenvalue weighted by atomic mass is 79.9. The second-order valence-corrected chi connectivity index (χ2v) is 12.3. The van der Waals surface area contributed by atoms with E-state index in [0.29, 0.717) is 21.5 Å². The normalized spacial score (nSPS) is 11.7. The number of carbonyl (C=O) groups is 2. The van der Waals surface area contributed by atoms with Gasteiger partial charge >= 0.3 is 6.09 Å². The second-order valence-electron chi connectivity index (χ2n) is 9.77. The molecule has 0 fully saturated rings. The lowest BCUT2D eigenvalue weighted by Gasteiger charge is -2.25. The van der Waals surface area contributed by atoms with Gasteiger partial charge in [0.25, 0.3) is 16.0 Å². The maximum absolute atomic E-state index is 13.0. The largest absolute Gasteiger partial charge is 0.489 e. The summed E-state index contributed by atoms with van der Waals surface area (Å²) in [5.74, 6) is -0.0879. The van der Waals surface area contributed by atoms with Crippen LogP contribution in [-0.2, 0) is 35.1 Å². The third kappa shape index (κ3) is 13.0. The summed E-state index contributed by atoms with van der Waals surface area (Å²) in [6.45, 7) is 6.28. The second kappa shape index (κ2) is 15.9. The maximum Gasteiger partial charge on any atom is 0.410 e. The molecule has 0 aliphatic rings. The number of nitrogens with zero attached hydrogens (tertiary/aromatic N) is 2. The Morgan fingerprint density at radius 1 is 1.07 bits per heavy atom. The molecule has 2 rings (SSSR count). The standard InChI is InChI=1S/C26H37BrN4O9S/c1-26(2,3)40-25(33)31(4)17-18-7-6-8-21(30-24(32)20-15-19(27)16-29-23(20)28)22(18)38-13-11-36-9-10-37-12-14-39-41(5,34)35/h6-8,15-16H,9-14,17H2,1-5H3,(H2,28,29)(H,30,32). The molecule has 15 heteroatoms. The molecule has 228 valence electrons. The summed E-state index contributed by atoms with van der Waals surface area (Å²) in [6.07, 6.45) is 1.94. The number of nitrogens with two attached hydrogens (primary N) is 1. The third-order valence-corrected chi connectivity index (χ3v) is 5.99. The first-order valence-corrected chi connectivity index (χ1v) is 15.2. The highest BCUT2D eigenvalue weighted by molar-refractivity contribution is 9.10. The number of ether oxygens (including phenoxy) is 4. The molecule has 1 aromatic heterocycles. The Bertz CT molecular complexity index is 1290. The molecule has 3 N–H and O–H groups in total. The Morgan fingerprint density at radius 2 is 1.71 bits per heavy atom. The predicted octanol–water partition coefficient (Wildman–Crippen LogP) is 3.43. The van der Waals surface area contributed by atoms with Crippen LogP contribution >= 0.6 is 15.9 Å². The number of nitrogen functional groups attached to an aromatic ring is 1. The van der Waals surface area contributed by atoms with Crippen molar-refractivity contribution in [3.8, 4) is 5.75 Å². The van der Waals surface area contributed by atoms with Gasteiger partial charge in [0.15, 0.2) is 0 Å². The van der Waals surface area contributed by atoms with Crippen molar-refractivity contribution >= 4 is 49.6 Å². The number of amides is 2. The smallest absolute Gasteiger partial charge is 0.410 e. The van der Waals surface area contributed by atoms with Crippen molar-refractivity contribution in [1.82, 2.24) is 9.88 Å². The summed E-state index contributed by atoms with van der Waals surface area (Å²) in [7, 11) is -1.91. The predicted molar refractivity (Wildman–Crippen MR) is 156 cm³/mol. The Hall–Kier alpha value is -2.98. The van der Waals surface area contributed by atoms with Gasteiger partial charge in [0.2, 0.25) is 0 Å². The highest BCUT2D eigenvalue weighted by Crippen LogP contribution is 2.31. The van der Waals surface area contributed by atoms with Gasteiger partial charge in [0.05, 0.1) is 57.1 Å². The lowest BCUT2D eigenvalue weighted by atomic mass is 10.1. The van der Waals surface area contributed by atoms with Crippen LogP contribution < -0.4 is 15.8 Å². The van der Waals surface area contributed by atoms with Crippen LogP contribution in [0.3, 0.4) is 0 Å². The maximum atomic E-state index is 13.0. The Morgan fingerprint density at radius 3 is 2.34 bits per heavy atom. The van der Waals surface area contributed by atoms with Gasteiger partial charge in [0, 0.05) is 23.3 Å². The average Bonchev–Trinajstić information content (AvgIpc) is 2.86. The molecule has 0 bridgehead atoms. The van der Waals surface area contributed by atoms with E-state index in [1.165, 1.54) is 11.1 Å². The van der Waals surface area contributed by atoms with Gasteiger partial charge < -0.3 is 34.9 Å². The van der Waals surface area contributed by atoms with Crippen LogP contribution in [-0.4, -0.2) is 88.8 Å². The highest BCUT2D eigenvalue weighted by Gasteiger charge is 2.22. The SMILES string of the molecule is CN(Cc1cccc(NC(=O)c2cc(Br)cnc2N)c1OCCOCCOCCOS(C)(=O)=O)C(=O)OC(C)(C)C. The third-order valence-electron chi connectivity index (χ3n) is 4.96. The number of rotatable bonds is 15. The van der Waals surface area contributed by atoms with Crippen LogP contribution in [0.2, 0.25) is 0 Å². The number of halogens is 1. The first-order chi connectivity index (χ1) is 19.2. The van der Waals surface area contributed by atoms with Crippen molar-refractivity contribution in [2.75, 3.05) is 64.0 Å². The molecule has 13 nitrogen and oxygen atoms in total. The van der Waals surface area contributed by atoms with Gasteiger partial charge in [-0.1, -0.05) is 12.1 Å². The Balaban J connectivity index is 2.07. The molecule has 0 aliphatic carbocycles. The minimum atomic E-state index is -3.50. The number of hydrogen-bond acceptors (Lipinski definition) is 11. The molecule has 0 saturated carbocycles. The lowest BCUT2D eigenvalue weighted by Crippen LogP contribution is -2.34. The van der Waals surface area contributed by atoms with E-state index in [2.05, 4.69) is 30.4 Å². The number of nitrogens with one attached hydrogen (secondary N) is 1. The Kier molecular flexibility index (Phi) is 13.2. The van der Waals surface area contributed by atoms with Crippen molar-refractivity contribution in [2.45, 2.75) is 32.9 Å². The van der Waals surface area contributed by atoms with Gasteiger partial charge in [-0.25, -0.2) is 9.78 Å². The summed E-state index contributed by atoms with van der Waals surface area (Å²) in [5, 5.41) is 2.81. The van der Waals surface area contributed by atoms with Gasteiger partial charge in [0.1, 0.15) is 23.8 Å². The number of hydrogen-bond donors (Lipinski definition) is 2. The van der Waals surface area contributed by atoms with E-state index in [-0.39, 0.29) is 57.6 Å². The summed E-state index contributed by atoms with van der Waals surface area (Å²) in [6, 6.07) is 6.72. The molecule has 0 spiro atoms. The van der Waals surface area contributed by atoms with E-state index in [4.69, 9.17) is 24.7 Å². The van der Waals surface area contributed by atoms with Crippen LogP contribution in [0, 0.1) is 0 Å². The fourth-order valence-corrected chi connectivity index (χ4v) is 3.93. The molecule has 1 aromatic carbocycles. The van der Waals surface area contributed by atoms with Crippen LogP contribution in [0.25, 0.3) is 0 Å². The molecule has 0 atom stereocenters. The topological polar surface area (TPSA) is 169 Å². The van der Waals surface area contributed by atoms with Crippen molar-refractivity contribution in [3.63, 3.8) is 0 Å². The molecular formula is C26H37BrN4O9S.